The molecule has 0 saturated heterocycles. The van der Waals surface area contributed by atoms with E-state index in [-0.39, 0.29) is 12.3 Å². The van der Waals surface area contributed by atoms with Crippen molar-refractivity contribution in [2.24, 2.45) is 0 Å². The maximum absolute atomic E-state index is 12.2. The van der Waals surface area contributed by atoms with E-state index in [9.17, 15) is 4.79 Å². The van der Waals surface area contributed by atoms with Crippen molar-refractivity contribution in [2.45, 2.75) is 23.4 Å². The number of hydrogen-bond acceptors (Lipinski definition) is 8. The number of anilines is 1. The summed E-state index contributed by atoms with van der Waals surface area (Å²) in [4.78, 5) is 16.7. The molecule has 130 valence electrons. The fraction of sp³-hybridized carbons (Fsp3) is 0.250. The van der Waals surface area contributed by atoms with Crippen LogP contribution in [0, 0.1) is 6.92 Å². The Labute approximate surface area is 157 Å². The molecule has 0 atom stereocenters. The van der Waals surface area contributed by atoms with Crippen molar-refractivity contribution in [1.82, 2.24) is 15.2 Å². The molecule has 1 N–H and O–H groups in total. The zero-order valence-corrected chi connectivity index (χ0v) is 16.1. The number of aryl methyl sites for hydroxylation is 1. The number of hydrogen-bond donors (Lipinski definition) is 1. The number of amides is 1. The van der Waals surface area contributed by atoms with Crippen molar-refractivity contribution in [2.75, 3.05) is 12.4 Å². The molecule has 6 nitrogen and oxygen atoms in total. The fourth-order valence-corrected chi connectivity index (χ4v) is 4.65. The lowest BCUT2D eigenvalue weighted by Crippen LogP contribution is -2.14. The van der Waals surface area contributed by atoms with Gasteiger partial charge in [-0.05, 0) is 19.1 Å². The third-order valence-corrected chi connectivity index (χ3v) is 6.05. The summed E-state index contributed by atoms with van der Waals surface area (Å²) >= 11 is 4.67. The number of carbonyl (C=O) groups excluding carboxylic acids is 1. The number of aromatic nitrogens is 3. The minimum Gasteiger partial charge on any atom is -0.495 e. The number of benzene rings is 1. The van der Waals surface area contributed by atoms with E-state index in [0.29, 0.717) is 11.4 Å². The first-order chi connectivity index (χ1) is 12.1. The van der Waals surface area contributed by atoms with Gasteiger partial charge in [-0.15, -0.1) is 21.5 Å². The molecule has 3 rings (SSSR count). The van der Waals surface area contributed by atoms with Gasteiger partial charge in [-0.2, -0.15) is 0 Å². The predicted molar refractivity (Wildman–Crippen MR) is 102 cm³/mol. The Morgan fingerprint density at radius 3 is 2.92 bits per heavy atom. The van der Waals surface area contributed by atoms with E-state index in [0.717, 1.165) is 25.8 Å². The maximum Gasteiger partial charge on any atom is 0.231 e. The van der Waals surface area contributed by atoms with Gasteiger partial charge in [-0.25, -0.2) is 4.98 Å². The molecule has 0 aliphatic heterocycles. The first kappa shape index (κ1) is 17.8. The van der Waals surface area contributed by atoms with Crippen LogP contribution in [0.5, 0.6) is 5.75 Å². The summed E-state index contributed by atoms with van der Waals surface area (Å²) in [6, 6.07) is 7.33. The number of rotatable bonds is 7. The van der Waals surface area contributed by atoms with Crippen molar-refractivity contribution in [3.8, 4) is 5.75 Å². The largest absolute Gasteiger partial charge is 0.495 e. The topological polar surface area (TPSA) is 77.0 Å². The van der Waals surface area contributed by atoms with E-state index in [1.807, 2.05) is 36.6 Å². The van der Waals surface area contributed by atoms with Crippen LogP contribution in [0.2, 0.25) is 0 Å². The molecule has 3 aromatic rings. The quantitative estimate of drug-likeness (QED) is 0.617. The first-order valence-electron chi connectivity index (χ1n) is 7.43. The summed E-state index contributed by atoms with van der Waals surface area (Å²) in [5.74, 6) is 1.25. The molecule has 25 heavy (non-hydrogen) atoms. The number of ether oxygens (including phenoxy) is 1. The molecule has 9 heteroatoms. The SMILES string of the molecule is COc1ccccc1NC(=O)Cc1nc(CSc2nnc(C)s2)cs1. The molecule has 2 heterocycles. The Morgan fingerprint density at radius 2 is 2.16 bits per heavy atom. The lowest BCUT2D eigenvalue weighted by Gasteiger charge is -2.08. The average molecular weight is 393 g/mol. The van der Waals surface area contributed by atoms with Gasteiger partial charge in [0.05, 0.1) is 24.9 Å². The van der Waals surface area contributed by atoms with Crippen LogP contribution in [0.15, 0.2) is 34.0 Å². The average Bonchev–Trinajstić information content (AvgIpc) is 3.22. The van der Waals surface area contributed by atoms with Crippen LogP contribution in [-0.2, 0) is 17.0 Å². The molecule has 0 spiro atoms. The van der Waals surface area contributed by atoms with Gasteiger partial charge in [0.25, 0.3) is 0 Å². The first-order valence-corrected chi connectivity index (χ1v) is 10.1. The van der Waals surface area contributed by atoms with Gasteiger partial charge in [0.2, 0.25) is 5.91 Å². The zero-order valence-electron chi connectivity index (χ0n) is 13.7. The van der Waals surface area contributed by atoms with E-state index < -0.39 is 0 Å². The minimum atomic E-state index is -0.113. The summed E-state index contributed by atoms with van der Waals surface area (Å²) in [6.45, 7) is 1.93. The lowest BCUT2D eigenvalue weighted by molar-refractivity contribution is -0.115. The van der Waals surface area contributed by atoms with Crippen LogP contribution in [0.4, 0.5) is 5.69 Å². The molecule has 1 amide bonds. The molecule has 2 aromatic heterocycles. The summed E-state index contributed by atoms with van der Waals surface area (Å²) in [5.41, 5.74) is 1.61. The molecule has 0 unspecified atom stereocenters. The Balaban J connectivity index is 1.54. The molecule has 0 fully saturated rings. The highest BCUT2D eigenvalue weighted by Gasteiger charge is 2.11. The highest BCUT2D eigenvalue weighted by atomic mass is 32.2. The van der Waals surface area contributed by atoms with Crippen LogP contribution in [0.3, 0.4) is 0 Å². The third kappa shape index (κ3) is 5.00. The number of carbonyl (C=O) groups is 1. The number of nitrogens with one attached hydrogen (secondary N) is 1. The summed E-state index contributed by atoms with van der Waals surface area (Å²) in [5, 5.41) is 14.7. The van der Waals surface area contributed by atoms with Gasteiger partial charge in [0, 0.05) is 11.1 Å². The number of nitrogens with zero attached hydrogens (tertiary/aromatic N) is 3. The van der Waals surface area contributed by atoms with Crippen molar-refractivity contribution in [1.29, 1.82) is 0 Å². The maximum atomic E-state index is 12.2. The summed E-state index contributed by atoms with van der Waals surface area (Å²) in [6.07, 6.45) is 0.241. The smallest absolute Gasteiger partial charge is 0.231 e. The zero-order chi connectivity index (χ0) is 17.6. The molecule has 0 radical (unpaired) electrons. The molecule has 0 saturated carbocycles. The normalized spacial score (nSPS) is 10.6. The second kappa shape index (κ2) is 8.41. The van der Waals surface area contributed by atoms with Gasteiger partial charge in [0.1, 0.15) is 15.8 Å². The van der Waals surface area contributed by atoms with Gasteiger partial charge >= 0.3 is 0 Å². The molecule has 0 aliphatic rings. The van der Waals surface area contributed by atoms with Crippen LogP contribution in [0.25, 0.3) is 0 Å². The highest BCUT2D eigenvalue weighted by Crippen LogP contribution is 2.27. The predicted octanol–water partition coefficient (Wildman–Crippen LogP) is 3.79. The molecule has 0 bridgehead atoms. The van der Waals surface area contributed by atoms with Gasteiger partial charge in [-0.3, -0.25) is 4.79 Å². The second-order valence-corrected chi connectivity index (χ2v) is 8.38. The van der Waals surface area contributed by atoms with E-state index in [1.165, 1.54) is 11.3 Å². The van der Waals surface area contributed by atoms with E-state index in [2.05, 4.69) is 20.5 Å². The Kier molecular flexibility index (Phi) is 6.00. The van der Waals surface area contributed by atoms with Gasteiger partial charge < -0.3 is 10.1 Å². The van der Waals surface area contributed by atoms with Crippen LogP contribution >= 0.6 is 34.4 Å². The van der Waals surface area contributed by atoms with E-state index in [1.54, 1.807) is 30.2 Å². The van der Waals surface area contributed by atoms with Crippen molar-refractivity contribution >= 4 is 46.0 Å². The summed E-state index contributed by atoms with van der Waals surface area (Å²) in [7, 11) is 1.58. The van der Waals surface area contributed by atoms with Crippen molar-refractivity contribution in [3.63, 3.8) is 0 Å². The van der Waals surface area contributed by atoms with E-state index in [4.69, 9.17) is 4.74 Å². The third-order valence-electron chi connectivity index (χ3n) is 3.14. The molecule has 1 aromatic carbocycles. The van der Waals surface area contributed by atoms with Crippen molar-refractivity contribution in [3.05, 3.63) is 45.4 Å². The van der Waals surface area contributed by atoms with Gasteiger partial charge in [0.15, 0.2) is 4.34 Å². The lowest BCUT2D eigenvalue weighted by atomic mass is 10.3. The monoisotopic (exact) mass is 392 g/mol. The summed E-state index contributed by atoms with van der Waals surface area (Å²) < 4.78 is 6.17. The number of thiazole rings is 1. The highest BCUT2D eigenvalue weighted by molar-refractivity contribution is 8.00. The second-order valence-electron chi connectivity index (χ2n) is 5.03. The van der Waals surface area contributed by atoms with Gasteiger partial charge in [-0.1, -0.05) is 35.2 Å². The van der Waals surface area contributed by atoms with Crippen LogP contribution in [-0.4, -0.2) is 28.2 Å². The standard InChI is InChI=1S/C16H16N4O2S3/c1-10-19-20-16(25-10)24-9-11-8-23-15(17-11)7-14(21)18-12-5-3-4-6-13(12)22-2/h3-6,8H,7,9H2,1-2H3,(H,18,21). The number of thioether (sulfide) groups is 1. The Hall–Kier alpha value is -1.97. The molecular formula is C16H16N4O2S3. The molecular weight excluding hydrogens is 376 g/mol. The van der Waals surface area contributed by atoms with Crippen LogP contribution < -0.4 is 10.1 Å². The molecule has 0 aliphatic carbocycles. The Morgan fingerprint density at radius 1 is 1.32 bits per heavy atom. The minimum absolute atomic E-state index is 0.113. The van der Waals surface area contributed by atoms with Crippen LogP contribution in [0.1, 0.15) is 15.7 Å². The van der Waals surface area contributed by atoms with E-state index >= 15 is 0 Å². The number of para-hydroxylation sites is 2. The fourth-order valence-electron chi connectivity index (χ4n) is 2.05. The Bertz CT molecular complexity index is 862. The number of methoxy groups -OCH3 is 1. The van der Waals surface area contributed by atoms with Crippen molar-refractivity contribution < 1.29 is 9.53 Å².